The van der Waals surface area contributed by atoms with Gasteiger partial charge in [-0.05, 0) is 70.6 Å². The molecule has 0 spiro atoms. The van der Waals surface area contributed by atoms with Gasteiger partial charge >= 0.3 is 27.6 Å². The summed E-state index contributed by atoms with van der Waals surface area (Å²) in [5, 5.41) is 30.2. The first kappa shape index (κ1) is 59.3. The molecule has 0 bridgehead atoms. The van der Waals surface area contributed by atoms with Crippen molar-refractivity contribution >= 4 is 27.6 Å². The number of hydrogen-bond acceptors (Lipinski definition) is 12. The zero-order chi connectivity index (χ0) is 45.5. The van der Waals surface area contributed by atoms with Crippen LogP contribution in [-0.4, -0.2) is 92.8 Å². The summed E-state index contributed by atoms with van der Waals surface area (Å²) >= 11 is 0. The van der Waals surface area contributed by atoms with Crippen LogP contribution < -0.4 is 0 Å². The van der Waals surface area contributed by atoms with E-state index >= 15 is 0 Å². The van der Waals surface area contributed by atoms with Gasteiger partial charge in [-0.15, -0.1) is 0 Å². The number of hydrogen-bond donors (Lipinski definition) is 6. The normalized spacial score (nSPS) is 15.3. The van der Waals surface area contributed by atoms with Crippen molar-refractivity contribution in [3.05, 3.63) is 36.5 Å². The molecule has 0 fully saturated rings. The van der Waals surface area contributed by atoms with Crippen LogP contribution in [0.2, 0.25) is 0 Å². The van der Waals surface area contributed by atoms with Crippen molar-refractivity contribution in [1.82, 2.24) is 0 Å². The summed E-state index contributed by atoms with van der Waals surface area (Å²) < 4.78 is 47.7. The third kappa shape index (κ3) is 42.0. The Kier molecular flexibility index (Phi) is 38.7. The summed E-state index contributed by atoms with van der Waals surface area (Å²) in [6.07, 6.45) is 31.5. The van der Waals surface area contributed by atoms with Gasteiger partial charge in [0.05, 0.1) is 32.0 Å². The van der Waals surface area contributed by atoms with E-state index in [1.807, 2.05) is 12.2 Å². The number of carbonyl (C=O) groups excluding carboxylic acids is 2. The average Bonchev–Trinajstić information content (AvgIpc) is 3.21. The molecular formula is C44H82O15P2. The second kappa shape index (κ2) is 39.8. The van der Waals surface area contributed by atoms with Crippen LogP contribution in [0.5, 0.6) is 0 Å². The molecule has 0 heterocycles. The van der Waals surface area contributed by atoms with E-state index in [1.54, 1.807) is 0 Å². The van der Waals surface area contributed by atoms with Crippen molar-refractivity contribution < 1.29 is 71.8 Å². The second-order valence-electron chi connectivity index (χ2n) is 15.6. The lowest BCUT2D eigenvalue weighted by molar-refractivity contribution is -0.161. The van der Waals surface area contributed by atoms with Crippen molar-refractivity contribution in [2.75, 3.05) is 26.4 Å². The molecule has 0 aliphatic carbocycles. The highest BCUT2D eigenvalue weighted by Crippen LogP contribution is 2.43. The summed E-state index contributed by atoms with van der Waals surface area (Å²) in [7, 11) is -9.73. The summed E-state index contributed by atoms with van der Waals surface area (Å²) in [5.41, 5.74) is 0. The van der Waals surface area contributed by atoms with E-state index in [0.717, 1.165) is 96.3 Å². The van der Waals surface area contributed by atoms with Gasteiger partial charge in [-0.25, -0.2) is 9.13 Å². The standard InChI is InChI=1S/C44H82O15P2/c1-3-5-7-9-11-12-13-14-15-16-17-18-19-20-21-25-29-33-43(48)55-37-40(38-58-61(53,54)57-36-39(45)35-56-60(50,51)52)59-44(49)34-30-26-22-24-28-32-42(47)41(46)31-27-23-10-8-6-4-2/h11-12,14-15,23,27,39-42,45-47H,3-10,13,16-22,24-26,28-38H2,1-2H3,(H,53,54)(H2,50,51,52)/b12-11-,15-14-,27-23-/t39-,40+,41-,42-/m0/s1. The molecular weight excluding hydrogens is 830 g/mol. The van der Waals surface area contributed by atoms with Crippen LogP contribution in [0.4, 0.5) is 0 Å². The van der Waals surface area contributed by atoms with Gasteiger partial charge in [0, 0.05) is 12.8 Å². The molecule has 61 heavy (non-hydrogen) atoms. The van der Waals surface area contributed by atoms with Crippen LogP contribution >= 0.6 is 15.6 Å². The highest BCUT2D eigenvalue weighted by molar-refractivity contribution is 7.47. The first-order valence-electron chi connectivity index (χ1n) is 22.8. The van der Waals surface area contributed by atoms with E-state index in [2.05, 4.69) is 47.2 Å². The minimum atomic E-state index is -4.88. The Morgan fingerprint density at radius 3 is 1.57 bits per heavy atom. The number of phosphoric ester groups is 2. The lowest BCUT2D eigenvalue weighted by Gasteiger charge is -2.20. The zero-order valence-electron chi connectivity index (χ0n) is 37.2. The maximum atomic E-state index is 12.7. The van der Waals surface area contributed by atoms with Crippen molar-refractivity contribution in [2.45, 2.75) is 205 Å². The number of carbonyl (C=O) groups is 2. The number of ether oxygens (including phenoxy) is 2. The molecule has 0 amide bonds. The van der Waals surface area contributed by atoms with E-state index in [4.69, 9.17) is 23.8 Å². The van der Waals surface area contributed by atoms with Gasteiger partial charge in [0.25, 0.3) is 0 Å². The van der Waals surface area contributed by atoms with Crippen LogP contribution in [0.25, 0.3) is 0 Å². The van der Waals surface area contributed by atoms with E-state index in [9.17, 15) is 38.9 Å². The number of aliphatic hydroxyl groups is 3. The van der Waals surface area contributed by atoms with E-state index in [1.165, 1.54) is 25.7 Å². The predicted octanol–water partition coefficient (Wildman–Crippen LogP) is 9.62. The predicted molar refractivity (Wildman–Crippen MR) is 237 cm³/mol. The third-order valence-electron chi connectivity index (χ3n) is 9.69. The molecule has 15 nitrogen and oxygen atoms in total. The van der Waals surface area contributed by atoms with Gasteiger partial charge in [-0.1, -0.05) is 134 Å². The molecule has 17 heteroatoms. The summed E-state index contributed by atoms with van der Waals surface area (Å²) in [5.74, 6) is -1.15. The van der Waals surface area contributed by atoms with Gasteiger partial charge in [-0.3, -0.25) is 23.2 Å². The van der Waals surface area contributed by atoms with Crippen LogP contribution in [0, 0.1) is 0 Å². The zero-order valence-corrected chi connectivity index (χ0v) is 39.0. The van der Waals surface area contributed by atoms with Crippen LogP contribution in [0.15, 0.2) is 36.5 Å². The molecule has 0 saturated carbocycles. The summed E-state index contributed by atoms with van der Waals surface area (Å²) in [4.78, 5) is 52.8. The number of aliphatic hydroxyl groups excluding tert-OH is 3. The number of esters is 2. The van der Waals surface area contributed by atoms with Crippen LogP contribution in [-0.2, 0) is 41.8 Å². The number of allylic oxidation sites excluding steroid dienone is 5. The Hall–Kier alpha value is -1.74. The Morgan fingerprint density at radius 1 is 0.525 bits per heavy atom. The summed E-state index contributed by atoms with van der Waals surface area (Å²) in [6.45, 7) is 1.50. The average molecular weight is 913 g/mol. The highest BCUT2D eigenvalue weighted by atomic mass is 31.2. The Balaban J connectivity index is 4.61. The van der Waals surface area contributed by atoms with Gasteiger partial charge in [0.15, 0.2) is 6.10 Å². The topological polar surface area (TPSA) is 236 Å². The fourth-order valence-corrected chi connectivity index (χ4v) is 7.20. The molecule has 0 aromatic carbocycles. The SMILES string of the molecule is CCCCC/C=C\C/C=C\CCCCCCCCCC(=O)OC[C@H](COP(=O)(O)OC[C@@H](O)COP(=O)(O)O)OC(=O)CCCCCCC[C@H](O)[C@@H](O)C/C=C\CCCCC. The van der Waals surface area contributed by atoms with Gasteiger partial charge in [0.1, 0.15) is 12.7 Å². The van der Waals surface area contributed by atoms with Crippen molar-refractivity contribution in [2.24, 2.45) is 0 Å². The fraction of sp³-hybridized carbons (Fsp3) is 0.818. The molecule has 0 rings (SSSR count). The van der Waals surface area contributed by atoms with Crippen LogP contribution in [0.3, 0.4) is 0 Å². The van der Waals surface area contributed by atoms with Crippen molar-refractivity contribution in [1.29, 1.82) is 0 Å². The largest absolute Gasteiger partial charge is 0.472 e. The first-order valence-corrected chi connectivity index (χ1v) is 25.9. The molecule has 0 aromatic rings. The number of phosphoric acid groups is 2. The fourth-order valence-electron chi connectivity index (χ4n) is 6.05. The third-order valence-corrected chi connectivity index (χ3v) is 11.1. The first-order chi connectivity index (χ1) is 29.2. The van der Waals surface area contributed by atoms with Gasteiger partial charge in [-0.2, -0.15) is 0 Å². The van der Waals surface area contributed by atoms with E-state index in [-0.39, 0.29) is 12.8 Å². The Bertz CT molecular complexity index is 1260. The molecule has 0 saturated heterocycles. The van der Waals surface area contributed by atoms with Gasteiger partial charge < -0.3 is 39.5 Å². The lowest BCUT2D eigenvalue weighted by atomic mass is 10.0. The molecule has 6 N–H and O–H groups in total. The molecule has 1 unspecified atom stereocenters. The quantitative estimate of drug-likeness (QED) is 0.0145. The highest BCUT2D eigenvalue weighted by Gasteiger charge is 2.28. The van der Waals surface area contributed by atoms with Crippen molar-refractivity contribution in [3.8, 4) is 0 Å². The van der Waals surface area contributed by atoms with Crippen molar-refractivity contribution in [3.63, 3.8) is 0 Å². The minimum absolute atomic E-state index is 0.0307. The monoisotopic (exact) mass is 913 g/mol. The maximum Gasteiger partial charge on any atom is 0.472 e. The molecule has 5 atom stereocenters. The molecule has 0 aromatic heterocycles. The molecule has 0 aliphatic heterocycles. The Morgan fingerprint density at radius 2 is 1.00 bits per heavy atom. The lowest BCUT2D eigenvalue weighted by Crippen LogP contribution is -2.30. The minimum Gasteiger partial charge on any atom is -0.462 e. The second-order valence-corrected chi connectivity index (χ2v) is 18.3. The van der Waals surface area contributed by atoms with Crippen LogP contribution in [0.1, 0.15) is 181 Å². The molecule has 358 valence electrons. The van der Waals surface area contributed by atoms with E-state index < -0.39 is 78.4 Å². The number of unbranched alkanes of at least 4 members (excludes halogenated alkanes) is 17. The smallest absolute Gasteiger partial charge is 0.462 e. The van der Waals surface area contributed by atoms with E-state index in [0.29, 0.717) is 32.1 Å². The van der Waals surface area contributed by atoms with Gasteiger partial charge in [0.2, 0.25) is 0 Å². The number of rotatable bonds is 43. The molecule has 0 aliphatic rings. The summed E-state index contributed by atoms with van der Waals surface area (Å²) in [6, 6.07) is 0. The maximum absolute atomic E-state index is 12.7. The molecule has 0 radical (unpaired) electrons. The Labute approximate surface area is 366 Å².